The van der Waals surface area contributed by atoms with Crippen molar-refractivity contribution in [2.75, 3.05) is 18.8 Å². The molecule has 2 aromatic heterocycles. The van der Waals surface area contributed by atoms with Crippen LogP contribution in [0.5, 0.6) is 5.75 Å². The lowest BCUT2D eigenvalue weighted by molar-refractivity contribution is 0.0930. The van der Waals surface area contributed by atoms with Crippen LogP contribution in [0.15, 0.2) is 38.3 Å². The second-order valence-corrected chi connectivity index (χ2v) is 8.49. The Morgan fingerprint density at radius 2 is 2.13 bits per heavy atom. The summed E-state index contributed by atoms with van der Waals surface area (Å²) in [5.41, 5.74) is 7.01. The van der Waals surface area contributed by atoms with Gasteiger partial charge in [0.2, 0.25) is 5.75 Å². The molecule has 4 N–H and O–H groups in total. The second kappa shape index (κ2) is 9.06. The van der Waals surface area contributed by atoms with E-state index in [-0.39, 0.29) is 40.6 Å². The van der Waals surface area contributed by atoms with Gasteiger partial charge in [-0.25, -0.2) is 9.37 Å². The van der Waals surface area contributed by atoms with E-state index >= 15 is 0 Å². The van der Waals surface area contributed by atoms with E-state index in [9.17, 15) is 9.18 Å². The predicted molar refractivity (Wildman–Crippen MR) is 118 cm³/mol. The number of piperidine rings is 1. The molecule has 0 saturated carbocycles. The van der Waals surface area contributed by atoms with E-state index in [0.29, 0.717) is 28.0 Å². The Morgan fingerprint density at radius 3 is 2.87 bits per heavy atom. The Hall–Kier alpha value is -2.29. The summed E-state index contributed by atoms with van der Waals surface area (Å²) in [7, 11) is 0. The number of carbonyl (C=O) groups is 1. The van der Waals surface area contributed by atoms with E-state index < -0.39 is 11.9 Å². The van der Waals surface area contributed by atoms with Gasteiger partial charge in [0.25, 0.3) is 5.91 Å². The zero-order valence-electron chi connectivity index (χ0n) is 16.9. The highest BCUT2D eigenvalue weighted by Crippen LogP contribution is 2.40. The first-order valence-electron chi connectivity index (χ1n) is 10.1. The van der Waals surface area contributed by atoms with E-state index in [1.54, 1.807) is 6.92 Å². The molecule has 31 heavy (non-hydrogen) atoms. The second-order valence-electron chi connectivity index (χ2n) is 7.66. The molecule has 1 amide bonds. The number of rotatable bonds is 5. The average Bonchev–Trinajstić information content (AvgIpc) is 3.18. The van der Waals surface area contributed by atoms with Gasteiger partial charge in [-0.1, -0.05) is 23.2 Å². The van der Waals surface area contributed by atoms with Crippen molar-refractivity contribution in [1.82, 2.24) is 15.6 Å². The van der Waals surface area contributed by atoms with Crippen LogP contribution in [0, 0.1) is 0 Å². The van der Waals surface area contributed by atoms with Crippen LogP contribution in [0.1, 0.15) is 43.0 Å². The molecular weight excluding hydrogens is 446 g/mol. The Bertz CT molecular complexity index is 1080. The van der Waals surface area contributed by atoms with Crippen LogP contribution in [-0.4, -0.2) is 36.1 Å². The molecule has 1 saturated heterocycles. The van der Waals surface area contributed by atoms with Crippen LogP contribution in [0.3, 0.4) is 0 Å². The van der Waals surface area contributed by atoms with Crippen molar-refractivity contribution in [2.45, 2.75) is 44.8 Å². The molecule has 1 fully saturated rings. The maximum Gasteiger partial charge on any atom is 0.255 e. The number of amides is 1. The van der Waals surface area contributed by atoms with E-state index in [0.717, 1.165) is 25.9 Å². The number of hydrogen-bond acceptors (Lipinski definition) is 6. The molecule has 0 aromatic carbocycles. The minimum atomic E-state index is -0.710. The number of fused-ring (bicyclic) bond motifs is 1. The van der Waals surface area contributed by atoms with Gasteiger partial charge in [0.05, 0.1) is 16.0 Å². The summed E-state index contributed by atoms with van der Waals surface area (Å²) in [6, 6.07) is 0.0976. The molecular formula is C21H23Cl2FN4O3. The summed E-state index contributed by atoms with van der Waals surface area (Å²) in [6.45, 7) is 3.41. The summed E-state index contributed by atoms with van der Waals surface area (Å²) in [4.78, 5) is 16.9. The number of aromatic nitrogens is 1. The Kier molecular flexibility index (Phi) is 6.41. The van der Waals surface area contributed by atoms with Crippen molar-refractivity contribution >= 4 is 45.9 Å². The number of nitrogens with two attached hydrogens (primary N) is 1. The third-order valence-corrected chi connectivity index (χ3v) is 6.35. The molecule has 1 aliphatic heterocycles. The number of halogens is 3. The Balaban J connectivity index is 1.62. The number of allylic oxidation sites excluding steroid dienone is 2. The van der Waals surface area contributed by atoms with E-state index in [1.165, 1.54) is 12.5 Å². The standard InChI is InChI=1S/C21H23Cl2FN4O3/c1-10(16-14(22)2-3-15(24)17(16)23)31-19-18-12(8-27-20(19)25)13(9-30-18)21(29)28-11-4-6-26-7-5-11/h8-11,26H,2-7H2,1H3,(H2,25,27)(H,28,29)/t10-/m1/s1. The molecule has 2 aromatic rings. The van der Waals surface area contributed by atoms with Gasteiger partial charge >= 0.3 is 0 Å². The number of hydrogen-bond donors (Lipinski definition) is 3. The van der Waals surface area contributed by atoms with Crippen LogP contribution < -0.4 is 21.1 Å². The highest BCUT2D eigenvalue weighted by atomic mass is 35.5. The van der Waals surface area contributed by atoms with Crippen LogP contribution in [0.25, 0.3) is 11.0 Å². The maximum atomic E-state index is 14.0. The highest BCUT2D eigenvalue weighted by molar-refractivity contribution is 6.36. The summed E-state index contributed by atoms with van der Waals surface area (Å²) in [6.07, 6.45) is 4.34. The minimum Gasteiger partial charge on any atom is -0.478 e. The van der Waals surface area contributed by atoms with Gasteiger partial charge in [-0.05, 0) is 39.3 Å². The third-order valence-electron chi connectivity index (χ3n) is 5.55. The van der Waals surface area contributed by atoms with Crippen molar-refractivity contribution < 1.29 is 18.3 Å². The zero-order valence-corrected chi connectivity index (χ0v) is 18.4. The molecule has 2 aliphatic rings. The molecule has 0 bridgehead atoms. The number of ether oxygens (including phenoxy) is 1. The fourth-order valence-corrected chi connectivity index (χ4v) is 4.62. The SMILES string of the molecule is C[C@@H](Oc1c(N)ncc2c(C(=O)NC3CCNCC3)coc12)C1=C(Cl)CCC(F)=C1Cl. The van der Waals surface area contributed by atoms with Crippen LogP contribution in [-0.2, 0) is 0 Å². The van der Waals surface area contributed by atoms with Crippen LogP contribution >= 0.6 is 23.2 Å². The summed E-state index contributed by atoms with van der Waals surface area (Å²) >= 11 is 12.4. The first-order chi connectivity index (χ1) is 14.9. The molecule has 166 valence electrons. The first-order valence-corrected chi connectivity index (χ1v) is 10.9. The number of anilines is 1. The fraction of sp³-hybridized carbons (Fsp3) is 0.429. The summed E-state index contributed by atoms with van der Waals surface area (Å²) in [5.74, 6) is -0.455. The molecule has 1 aliphatic carbocycles. The fourth-order valence-electron chi connectivity index (χ4n) is 3.86. The quantitative estimate of drug-likeness (QED) is 0.601. The van der Waals surface area contributed by atoms with E-state index in [4.69, 9.17) is 38.1 Å². The number of pyridine rings is 1. The number of nitrogens with zero attached hydrogens (tertiary/aromatic N) is 1. The van der Waals surface area contributed by atoms with Crippen molar-refractivity contribution in [3.63, 3.8) is 0 Å². The lowest BCUT2D eigenvalue weighted by Crippen LogP contribution is -2.42. The Labute approximate surface area is 188 Å². The topological polar surface area (TPSA) is 102 Å². The molecule has 7 nitrogen and oxygen atoms in total. The minimum absolute atomic E-state index is 0.0519. The Morgan fingerprint density at radius 1 is 1.39 bits per heavy atom. The lowest BCUT2D eigenvalue weighted by Gasteiger charge is -2.23. The molecule has 1 atom stereocenters. The summed E-state index contributed by atoms with van der Waals surface area (Å²) < 4.78 is 25.6. The maximum absolute atomic E-state index is 14.0. The van der Waals surface area contributed by atoms with Crippen molar-refractivity contribution in [2.24, 2.45) is 0 Å². The molecule has 4 rings (SSSR count). The van der Waals surface area contributed by atoms with Gasteiger partial charge in [0.1, 0.15) is 18.2 Å². The van der Waals surface area contributed by atoms with E-state index in [2.05, 4.69) is 15.6 Å². The number of nitrogens with one attached hydrogen (secondary N) is 2. The van der Waals surface area contributed by atoms with E-state index in [1.807, 2.05) is 0 Å². The third kappa shape index (κ3) is 4.37. The lowest BCUT2D eigenvalue weighted by atomic mass is 10.0. The molecule has 0 spiro atoms. The molecule has 0 unspecified atom stereocenters. The predicted octanol–water partition coefficient (Wildman–Crippen LogP) is 4.37. The molecule has 0 radical (unpaired) electrons. The first kappa shape index (κ1) is 21.9. The average molecular weight is 469 g/mol. The number of furan rings is 1. The van der Waals surface area contributed by atoms with Gasteiger partial charge in [-0.15, -0.1) is 0 Å². The largest absolute Gasteiger partial charge is 0.478 e. The summed E-state index contributed by atoms with van der Waals surface area (Å²) in [5, 5.41) is 7.14. The van der Waals surface area contributed by atoms with Crippen LogP contribution in [0.2, 0.25) is 0 Å². The number of carbonyl (C=O) groups excluding carboxylic acids is 1. The van der Waals surface area contributed by atoms with Crippen molar-refractivity contribution in [3.05, 3.63) is 39.5 Å². The van der Waals surface area contributed by atoms with Crippen LogP contribution in [0.4, 0.5) is 10.2 Å². The van der Waals surface area contributed by atoms with Gasteiger partial charge in [-0.2, -0.15) is 0 Å². The van der Waals surface area contributed by atoms with Crippen molar-refractivity contribution in [3.8, 4) is 5.75 Å². The highest BCUT2D eigenvalue weighted by Gasteiger charge is 2.28. The van der Waals surface area contributed by atoms with Gasteiger partial charge in [0, 0.05) is 29.3 Å². The smallest absolute Gasteiger partial charge is 0.255 e. The molecule has 3 heterocycles. The zero-order chi connectivity index (χ0) is 22.1. The van der Waals surface area contributed by atoms with Gasteiger partial charge in [0.15, 0.2) is 11.4 Å². The monoisotopic (exact) mass is 468 g/mol. The normalized spacial score (nSPS) is 19.1. The van der Waals surface area contributed by atoms with Gasteiger partial charge in [-0.3, -0.25) is 4.79 Å². The van der Waals surface area contributed by atoms with Gasteiger partial charge < -0.3 is 25.5 Å². The van der Waals surface area contributed by atoms with Crippen molar-refractivity contribution in [1.29, 1.82) is 0 Å². The molecule has 10 heteroatoms. The number of nitrogen functional groups attached to an aromatic ring is 1.